The van der Waals surface area contributed by atoms with Crippen molar-refractivity contribution in [3.8, 4) is 0 Å². The molecular weight excluding hydrogens is 310 g/mol. The van der Waals surface area contributed by atoms with Crippen LogP contribution in [0, 0.1) is 0 Å². The molecule has 3 aromatic rings. The van der Waals surface area contributed by atoms with Gasteiger partial charge in [0.05, 0.1) is 16.1 Å². The maximum atomic E-state index is 11.8. The van der Waals surface area contributed by atoms with Crippen LogP contribution in [0.25, 0.3) is 11.0 Å². The Hall–Kier alpha value is -2.04. The summed E-state index contributed by atoms with van der Waals surface area (Å²) in [5.74, 6) is 0.213. The Bertz CT molecular complexity index is 913. The molecule has 0 saturated heterocycles. The second-order valence-electron chi connectivity index (χ2n) is 6.24. The number of hydrogen-bond acceptors (Lipinski definition) is 2. The Labute approximate surface area is 139 Å². The molecule has 0 aliphatic carbocycles. The number of aromatic nitrogens is 2. The van der Waals surface area contributed by atoms with Crippen molar-refractivity contribution in [1.82, 2.24) is 14.9 Å². The third-order valence-electron chi connectivity index (χ3n) is 4.69. The van der Waals surface area contributed by atoms with Gasteiger partial charge in [-0.05, 0) is 36.2 Å². The van der Waals surface area contributed by atoms with Crippen LogP contribution in [0.1, 0.15) is 22.6 Å². The molecule has 0 saturated carbocycles. The summed E-state index contributed by atoms with van der Waals surface area (Å²) in [4.78, 5) is 20.0. The standard InChI is InChI=1S/C18H18ClN3O/c1-22-8-7-12-9-14(19)16-17(21-18(23)20-16)15(12)13(10-22)11-5-3-2-4-6-11/h2-6,9,13H,7-8,10H2,1H3,(H2,20,21,23)/t13-/m1/s1. The maximum absolute atomic E-state index is 11.8. The fraction of sp³-hybridized carbons (Fsp3) is 0.278. The van der Waals surface area contributed by atoms with E-state index in [0.717, 1.165) is 25.0 Å². The molecule has 1 atom stereocenters. The van der Waals surface area contributed by atoms with Crippen molar-refractivity contribution >= 4 is 22.6 Å². The number of benzene rings is 2. The van der Waals surface area contributed by atoms with E-state index in [1.54, 1.807) is 0 Å². The molecule has 118 valence electrons. The first kappa shape index (κ1) is 14.5. The molecule has 4 rings (SSSR count). The second-order valence-corrected chi connectivity index (χ2v) is 6.64. The lowest BCUT2D eigenvalue weighted by atomic mass is 9.87. The molecule has 1 aromatic heterocycles. The molecule has 2 heterocycles. The number of likely N-dealkylation sites (N-methyl/N-ethyl adjacent to an activating group) is 1. The summed E-state index contributed by atoms with van der Waals surface area (Å²) in [6, 6.07) is 12.5. The molecule has 1 aliphatic rings. The minimum absolute atomic E-state index is 0.209. The number of hydrogen-bond donors (Lipinski definition) is 2. The summed E-state index contributed by atoms with van der Waals surface area (Å²) in [7, 11) is 2.14. The van der Waals surface area contributed by atoms with Crippen molar-refractivity contribution < 1.29 is 0 Å². The molecule has 5 heteroatoms. The average Bonchev–Trinajstić information content (AvgIpc) is 2.86. The number of imidazole rings is 1. The van der Waals surface area contributed by atoms with Crippen molar-refractivity contribution in [2.75, 3.05) is 20.1 Å². The number of aromatic amines is 2. The summed E-state index contributed by atoms with van der Waals surface area (Å²) in [6.45, 7) is 1.90. The number of H-pyrrole nitrogens is 2. The van der Waals surface area contributed by atoms with Gasteiger partial charge in [0, 0.05) is 19.0 Å². The average molecular weight is 328 g/mol. The van der Waals surface area contributed by atoms with Gasteiger partial charge in [-0.25, -0.2) is 4.79 Å². The summed E-state index contributed by atoms with van der Waals surface area (Å²) in [5, 5.41) is 0.605. The van der Waals surface area contributed by atoms with E-state index in [1.165, 1.54) is 16.7 Å². The number of nitrogens with zero attached hydrogens (tertiary/aromatic N) is 1. The molecule has 0 spiro atoms. The van der Waals surface area contributed by atoms with Gasteiger partial charge < -0.3 is 14.9 Å². The summed E-state index contributed by atoms with van der Waals surface area (Å²) >= 11 is 6.39. The molecule has 0 amide bonds. The molecule has 1 aliphatic heterocycles. The summed E-state index contributed by atoms with van der Waals surface area (Å²) in [5.41, 5.74) is 5.02. The number of nitrogens with one attached hydrogen (secondary N) is 2. The monoisotopic (exact) mass is 327 g/mol. The number of fused-ring (bicyclic) bond motifs is 3. The molecule has 2 N–H and O–H groups in total. The van der Waals surface area contributed by atoms with Crippen molar-refractivity contribution in [3.05, 3.63) is 68.6 Å². The molecule has 0 fully saturated rings. The number of rotatable bonds is 1. The van der Waals surface area contributed by atoms with Gasteiger partial charge >= 0.3 is 5.69 Å². The number of halogens is 1. The van der Waals surface area contributed by atoms with E-state index in [0.29, 0.717) is 10.5 Å². The zero-order valence-electron chi connectivity index (χ0n) is 12.9. The van der Waals surface area contributed by atoms with E-state index in [2.05, 4.69) is 46.2 Å². The molecule has 0 bridgehead atoms. The van der Waals surface area contributed by atoms with Crippen LogP contribution < -0.4 is 5.69 Å². The normalized spacial score (nSPS) is 18.8. The molecular formula is C18H18ClN3O. The van der Waals surface area contributed by atoms with Gasteiger partial charge in [0.15, 0.2) is 0 Å². The molecule has 4 nitrogen and oxygen atoms in total. The smallest absolute Gasteiger partial charge is 0.305 e. The van der Waals surface area contributed by atoms with Crippen LogP contribution in [0.4, 0.5) is 0 Å². The Morgan fingerprint density at radius 2 is 1.91 bits per heavy atom. The predicted molar refractivity (Wildman–Crippen MR) is 93.4 cm³/mol. The van der Waals surface area contributed by atoms with Crippen molar-refractivity contribution in [1.29, 1.82) is 0 Å². The lowest BCUT2D eigenvalue weighted by molar-refractivity contribution is 0.338. The Morgan fingerprint density at radius 3 is 2.70 bits per heavy atom. The largest absolute Gasteiger partial charge is 0.323 e. The van der Waals surface area contributed by atoms with E-state index >= 15 is 0 Å². The minimum atomic E-state index is -0.209. The van der Waals surface area contributed by atoms with E-state index in [9.17, 15) is 4.79 Å². The molecule has 2 aromatic carbocycles. The van der Waals surface area contributed by atoms with Gasteiger partial charge in [0.1, 0.15) is 0 Å². The van der Waals surface area contributed by atoms with Gasteiger partial charge in [-0.2, -0.15) is 0 Å². The lowest BCUT2D eigenvalue weighted by Gasteiger charge is -2.22. The Balaban J connectivity index is 2.02. The van der Waals surface area contributed by atoms with Crippen LogP contribution in [-0.4, -0.2) is 35.0 Å². The van der Waals surface area contributed by atoms with Crippen LogP contribution in [-0.2, 0) is 6.42 Å². The Morgan fingerprint density at radius 1 is 1.17 bits per heavy atom. The highest BCUT2D eigenvalue weighted by atomic mass is 35.5. The fourth-order valence-corrected chi connectivity index (χ4v) is 3.87. The van der Waals surface area contributed by atoms with E-state index in [4.69, 9.17) is 11.6 Å². The topological polar surface area (TPSA) is 51.9 Å². The second kappa shape index (κ2) is 5.55. The van der Waals surface area contributed by atoms with Crippen LogP contribution >= 0.6 is 11.6 Å². The highest BCUT2D eigenvalue weighted by molar-refractivity contribution is 6.35. The van der Waals surface area contributed by atoms with Crippen molar-refractivity contribution in [2.45, 2.75) is 12.3 Å². The molecule has 23 heavy (non-hydrogen) atoms. The molecule has 0 unspecified atom stereocenters. The van der Waals surface area contributed by atoms with Gasteiger partial charge in [-0.3, -0.25) is 0 Å². The third kappa shape index (κ3) is 2.48. The maximum Gasteiger partial charge on any atom is 0.323 e. The SMILES string of the molecule is CN1CCc2cc(Cl)c3[nH]c(=O)[nH]c3c2[C@@H](c2ccccc2)C1. The zero-order valence-corrected chi connectivity index (χ0v) is 13.7. The fourth-order valence-electron chi connectivity index (χ4n) is 3.60. The van der Waals surface area contributed by atoms with Crippen molar-refractivity contribution in [2.24, 2.45) is 0 Å². The summed E-state index contributed by atoms with van der Waals surface area (Å²) in [6.07, 6.45) is 0.929. The van der Waals surface area contributed by atoms with Crippen LogP contribution in [0.2, 0.25) is 5.02 Å². The van der Waals surface area contributed by atoms with Crippen molar-refractivity contribution in [3.63, 3.8) is 0 Å². The van der Waals surface area contributed by atoms with Gasteiger partial charge in [0.25, 0.3) is 0 Å². The molecule has 0 radical (unpaired) electrons. The lowest BCUT2D eigenvalue weighted by Crippen LogP contribution is -2.24. The van der Waals surface area contributed by atoms with Crippen LogP contribution in [0.15, 0.2) is 41.2 Å². The quantitative estimate of drug-likeness (QED) is 0.721. The first-order valence-electron chi connectivity index (χ1n) is 7.80. The third-order valence-corrected chi connectivity index (χ3v) is 4.99. The zero-order chi connectivity index (χ0) is 16.0. The van der Waals surface area contributed by atoms with Gasteiger partial charge in [0.2, 0.25) is 0 Å². The minimum Gasteiger partial charge on any atom is -0.305 e. The van der Waals surface area contributed by atoms with Crippen LogP contribution in [0.3, 0.4) is 0 Å². The Kier molecular flexibility index (Phi) is 3.51. The van der Waals surface area contributed by atoms with Gasteiger partial charge in [-0.15, -0.1) is 0 Å². The first-order chi connectivity index (χ1) is 11.1. The van der Waals surface area contributed by atoms with E-state index in [-0.39, 0.29) is 11.6 Å². The van der Waals surface area contributed by atoms with Crippen LogP contribution in [0.5, 0.6) is 0 Å². The first-order valence-corrected chi connectivity index (χ1v) is 8.18. The van der Waals surface area contributed by atoms with Gasteiger partial charge in [-0.1, -0.05) is 41.9 Å². The predicted octanol–water partition coefficient (Wildman–Crippen LogP) is 3.13. The highest BCUT2D eigenvalue weighted by Crippen LogP contribution is 2.37. The van der Waals surface area contributed by atoms with E-state index < -0.39 is 0 Å². The summed E-state index contributed by atoms with van der Waals surface area (Å²) < 4.78 is 0. The van der Waals surface area contributed by atoms with E-state index in [1.807, 2.05) is 12.1 Å². The highest BCUT2D eigenvalue weighted by Gasteiger charge is 2.27.